The summed E-state index contributed by atoms with van der Waals surface area (Å²) in [5, 5.41) is 9.63. The third kappa shape index (κ3) is 3.75. The van der Waals surface area contributed by atoms with E-state index < -0.39 is 5.97 Å². The Morgan fingerprint density at radius 1 is 0.931 bits per heavy atom. The summed E-state index contributed by atoms with van der Waals surface area (Å²) in [6, 6.07) is 21.1. The minimum atomic E-state index is -1.02. The standard InChI is InChI=1S/C23H15BrN2O3/c24-19-7-3-1-5-15(19)11-14-21-25-20-8-4-2-6-18(20)22(27)26(21)17-12-9-16(10-13-17)23(28)29/h1-14H,(H,28,29). The van der Waals surface area contributed by atoms with Crippen LogP contribution in [0.2, 0.25) is 0 Å². The van der Waals surface area contributed by atoms with Crippen LogP contribution in [0.15, 0.2) is 82.1 Å². The lowest BCUT2D eigenvalue weighted by Gasteiger charge is -2.12. The van der Waals surface area contributed by atoms with Crippen LogP contribution in [-0.2, 0) is 0 Å². The van der Waals surface area contributed by atoms with Gasteiger partial charge in [0.05, 0.1) is 22.2 Å². The molecular weight excluding hydrogens is 432 g/mol. The predicted molar refractivity (Wildman–Crippen MR) is 117 cm³/mol. The maximum Gasteiger partial charge on any atom is 0.335 e. The molecular formula is C23H15BrN2O3. The summed E-state index contributed by atoms with van der Waals surface area (Å²) in [6.45, 7) is 0. The molecule has 142 valence electrons. The molecule has 0 radical (unpaired) electrons. The van der Waals surface area contributed by atoms with Crippen molar-refractivity contribution in [2.24, 2.45) is 0 Å². The average molecular weight is 447 g/mol. The zero-order valence-corrected chi connectivity index (χ0v) is 16.7. The molecule has 3 aromatic carbocycles. The van der Waals surface area contributed by atoms with Gasteiger partial charge < -0.3 is 5.11 Å². The molecule has 0 saturated carbocycles. The molecule has 0 amide bonds. The Balaban J connectivity index is 1.92. The molecule has 1 heterocycles. The monoisotopic (exact) mass is 446 g/mol. The minimum absolute atomic E-state index is 0.154. The third-order valence-electron chi connectivity index (χ3n) is 4.49. The lowest BCUT2D eigenvalue weighted by molar-refractivity contribution is 0.0697. The zero-order valence-electron chi connectivity index (χ0n) is 15.1. The molecule has 0 fully saturated rings. The Kier molecular flexibility index (Phi) is 5.10. The van der Waals surface area contributed by atoms with E-state index in [0.717, 1.165) is 10.0 Å². The lowest BCUT2D eigenvalue weighted by Crippen LogP contribution is -2.22. The van der Waals surface area contributed by atoms with Crippen molar-refractivity contribution in [2.75, 3.05) is 0 Å². The number of halogens is 1. The number of carbonyl (C=O) groups is 1. The quantitative estimate of drug-likeness (QED) is 0.477. The molecule has 1 aromatic heterocycles. The van der Waals surface area contributed by atoms with Gasteiger partial charge in [-0.1, -0.05) is 52.3 Å². The highest BCUT2D eigenvalue weighted by Gasteiger charge is 2.12. The average Bonchev–Trinajstić information content (AvgIpc) is 2.73. The van der Waals surface area contributed by atoms with E-state index in [1.54, 1.807) is 36.4 Å². The first-order valence-corrected chi connectivity index (χ1v) is 9.62. The van der Waals surface area contributed by atoms with Gasteiger partial charge in [0, 0.05) is 4.47 Å². The van der Waals surface area contributed by atoms with E-state index in [4.69, 9.17) is 5.11 Å². The first kappa shape index (κ1) is 18.8. The summed E-state index contributed by atoms with van der Waals surface area (Å²) in [7, 11) is 0. The molecule has 0 saturated heterocycles. The van der Waals surface area contributed by atoms with Gasteiger partial charge in [-0.15, -0.1) is 0 Å². The summed E-state index contributed by atoms with van der Waals surface area (Å²) in [5.74, 6) is -0.567. The smallest absolute Gasteiger partial charge is 0.335 e. The van der Waals surface area contributed by atoms with E-state index >= 15 is 0 Å². The predicted octanol–water partition coefficient (Wildman–Crippen LogP) is 5.02. The molecule has 1 N–H and O–H groups in total. The van der Waals surface area contributed by atoms with E-state index in [1.807, 2.05) is 36.4 Å². The number of nitrogens with zero attached hydrogens (tertiary/aromatic N) is 2. The molecule has 6 heteroatoms. The second kappa shape index (κ2) is 7.85. The third-order valence-corrected chi connectivity index (χ3v) is 5.21. The molecule has 0 aliphatic carbocycles. The van der Waals surface area contributed by atoms with E-state index in [-0.39, 0.29) is 11.1 Å². The topological polar surface area (TPSA) is 72.2 Å². The molecule has 0 unspecified atom stereocenters. The van der Waals surface area contributed by atoms with Crippen LogP contribution in [0.25, 0.3) is 28.7 Å². The SMILES string of the molecule is O=C(O)c1ccc(-n2c(C=Cc3ccccc3Br)nc3ccccc3c2=O)cc1. The van der Waals surface area contributed by atoms with E-state index in [1.165, 1.54) is 16.7 Å². The van der Waals surface area contributed by atoms with Gasteiger partial charge in [0.2, 0.25) is 0 Å². The van der Waals surface area contributed by atoms with Crippen molar-refractivity contribution in [3.63, 3.8) is 0 Å². The van der Waals surface area contributed by atoms with Crippen LogP contribution in [0.3, 0.4) is 0 Å². The van der Waals surface area contributed by atoms with Gasteiger partial charge in [-0.2, -0.15) is 0 Å². The van der Waals surface area contributed by atoms with Gasteiger partial charge in [-0.3, -0.25) is 9.36 Å². The fourth-order valence-corrected chi connectivity index (χ4v) is 3.46. The van der Waals surface area contributed by atoms with Crippen LogP contribution >= 0.6 is 15.9 Å². The van der Waals surface area contributed by atoms with Gasteiger partial charge in [-0.25, -0.2) is 9.78 Å². The lowest BCUT2D eigenvalue weighted by atomic mass is 10.1. The number of aromatic carboxylic acids is 1. The van der Waals surface area contributed by atoms with Crippen LogP contribution < -0.4 is 5.56 Å². The van der Waals surface area contributed by atoms with Crippen molar-refractivity contribution in [1.29, 1.82) is 0 Å². The summed E-state index contributed by atoms with van der Waals surface area (Å²) in [4.78, 5) is 29.0. The van der Waals surface area contributed by atoms with Crippen LogP contribution in [-0.4, -0.2) is 20.6 Å². The first-order chi connectivity index (χ1) is 14.0. The minimum Gasteiger partial charge on any atom is -0.478 e. The maximum atomic E-state index is 13.2. The fraction of sp³-hybridized carbons (Fsp3) is 0. The molecule has 0 spiro atoms. The number of hydrogen-bond acceptors (Lipinski definition) is 3. The molecule has 29 heavy (non-hydrogen) atoms. The van der Waals surface area contributed by atoms with Gasteiger partial charge in [-0.05, 0) is 54.1 Å². The van der Waals surface area contributed by atoms with Crippen molar-refractivity contribution in [2.45, 2.75) is 0 Å². The number of aromatic nitrogens is 2. The Labute approximate surface area is 174 Å². The molecule has 0 aliphatic rings. The Morgan fingerprint density at radius 2 is 1.62 bits per heavy atom. The summed E-state index contributed by atoms with van der Waals surface area (Å²) in [5.41, 5.74) is 2.03. The highest BCUT2D eigenvalue weighted by atomic mass is 79.9. The number of carboxylic acids is 1. The highest BCUT2D eigenvalue weighted by molar-refractivity contribution is 9.10. The number of benzene rings is 3. The second-order valence-electron chi connectivity index (χ2n) is 6.33. The number of fused-ring (bicyclic) bond motifs is 1. The maximum absolute atomic E-state index is 13.2. The van der Waals surface area contributed by atoms with E-state index in [9.17, 15) is 9.59 Å². The van der Waals surface area contributed by atoms with Crippen LogP contribution in [0.1, 0.15) is 21.7 Å². The second-order valence-corrected chi connectivity index (χ2v) is 7.19. The Morgan fingerprint density at radius 3 is 2.34 bits per heavy atom. The largest absolute Gasteiger partial charge is 0.478 e. The number of carboxylic acid groups (broad SMARTS) is 1. The van der Waals surface area contributed by atoms with Gasteiger partial charge in [0.25, 0.3) is 5.56 Å². The molecule has 4 aromatic rings. The first-order valence-electron chi connectivity index (χ1n) is 8.83. The molecule has 4 rings (SSSR count). The summed E-state index contributed by atoms with van der Waals surface area (Å²) in [6.07, 6.45) is 3.65. The zero-order chi connectivity index (χ0) is 20.4. The van der Waals surface area contributed by atoms with Crippen LogP contribution in [0.4, 0.5) is 0 Å². The summed E-state index contributed by atoms with van der Waals surface area (Å²) < 4.78 is 2.41. The number of hydrogen-bond donors (Lipinski definition) is 1. The van der Waals surface area contributed by atoms with Gasteiger partial charge in [0.15, 0.2) is 0 Å². The molecule has 0 atom stereocenters. The normalized spacial score (nSPS) is 11.2. The highest BCUT2D eigenvalue weighted by Crippen LogP contribution is 2.20. The van der Waals surface area contributed by atoms with E-state index in [0.29, 0.717) is 22.4 Å². The number of rotatable bonds is 4. The Hall–Kier alpha value is -3.51. The number of para-hydroxylation sites is 1. The molecule has 0 aliphatic heterocycles. The van der Waals surface area contributed by atoms with Crippen molar-refractivity contribution in [3.8, 4) is 5.69 Å². The van der Waals surface area contributed by atoms with Gasteiger partial charge in [0.1, 0.15) is 5.82 Å². The fourth-order valence-electron chi connectivity index (χ4n) is 3.04. The van der Waals surface area contributed by atoms with Crippen molar-refractivity contribution in [3.05, 3.63) is 105 Å². The summed E-state index contributed by atoms with van der Waals surface area (Å²) >= 11 is 3.51. The molecule has 0 bridgehead atoms. The molecule has 5 nitrogen and oxygen atoms in total. The van der Waals surface area contributed by atoms with Crippen LogP contribution in [0.5, 0.6) is 0 Å². The van der Waals surface area contributed by atoms with E-state index in [2.05, 4.69) is 20.9 Å². The van der Waals surface area contributed by atoms with Crippen LogP contribution in [0, 0.1) is 0 Å². The van der Waals surface area contributed by atoms with Crippen molar-refractivity contribution < 1.29 is 9.90 Å². The Bertz CT molecular complexity index is 1310. The van der Waals surface area contributed by atoms with Gasteiger partial charge >= 0.3 is 5.97 Å². The van der Waals surface area contributed by atoms with Crippen molar-refractivity contribution >= 4 is 45.0 Å². The van der Waals surface area contributed by atoms with Crippen molar-refractivity contribution in [1.82, 2.24) is 9.55 Å².